The first kappa shape index (κ1) is 13.8. The van der Waals surface area contributed by atoms with Crippen LogP contribution < -0.4 is 5.73 Å². The Bertz CT molecular complexity index is 483. The molecule has 0 saturated heterocycles. The predicted molar refractivity (Wildman–Crippen MR) is 82.8 cm³/mol. The second-order valence-corrected chi connectivity index (χ2v) is 6.60. The zero-order valence-electron chi connectivity index (χ0n) is 12.9. The monoisotopic (exact) mass is 273 g/mol. The van der Waals surface area contributed by atoms with Gasteiger partial charge in [0, 0.05) is 11.6 Å². The third kappa shape index (κ3) is 2.32. The van der Waals surface area contributed by atoms with E-state index in [1.807, 2.05) is 0 Å². The van der Waals surface area contributed by atoms with Gasteiger partial charge >= 0.3 is 0 Å². The molecule has 110 valence electrons. The second-order valence-electron chi connectivity index (χ2n) is 6.60. The molecular formula is C17H27N3. The molecule has 1 heterocycles. The summed E-state index contributed by atoms with van der Waals surface area (Å²) in [5.74, 6) is 2.65. The van der Waals surface area contributed by atoms with Gasteiger partial charge in [0.2, 0.25) is 5.95 Å². The molecule has 2 aliphatic rings. The van der Waals surface area contributed by atoms with E-state index >= 15 is 0 Å². The summed E-state index contributed by atoms with van der Waals surface area (Å²) < 4.78 is 0. The third-order valence-corrected chi connectivity index (χ3v) is 5.24. The highest BCUT2D eigenvalue weighted by Crippen LogP contribution is 2.51. The van der Waals surface area contributed by atoms with Crippen LogP contribution in [0.15, 0.2) is 0 Å². The summed E-state index contributed by atoms with van der Waals surface area (Å²) in [6.07, 6.45) is 10.2. The van der Waals surface area contributed by atoms with Crippen LogP contribution in [-0.4, -0.2) is 9.97 Å². The quantitative estimate of drug-likeness (QED) is 0.875. The number of nitrogen functional groups attached to an aromatic ring is 1. The van der Waals surface area contributed by atoms with E-state index < -0.39 is 0 Å². The summed E-state index contributed by atoms with van der Waals surface area (Å²) in [6.45, 7) is 4.58. The number of anilines is 1. The van der Waals surface area contributed by atoms with Crippen molar-refractivity contribution in [2.45, 2.75) is 77.0 Å². The van der Waals surface area contributed by atoms with Crippen LogP contribution in [0.5, 0.6) is 0 Å². The van der Waals surface area contributed by atoms with E-state index in [9.17, 15) is 0 Å². The SMILES string of the molecule is CCCC[C@H]1c2nc(N)nc3c2[C@@H](CC3)C[C@H]1CCC. The van der Waals surface area contributed by atoms with E-state index in [4.69, 9.17) is 10.7 Å². The van der Waals surface area contributed by atoms with Crippen molar-refractivity contribution in [3.63, 3.8) is 0 Å². The molecule has 20 heavy (non-hydrogen) atoms. The Balaban J connectivity index is 1.99. The van der Waals surface area contributed by atoms with Crippen molar-refractivity contribution in [1.82, 2.24) is 9.97 Å². The van der Waals surface area contributed by atoms with Crippen molar-refractivity contribution in [1.29, 1.82) is 0 Å². The van der Waals surface area contributed by atoms with Crippen molar-refractivity contribution in [2.24, 2.45) is 5.92 Å². The maximum absolute atomic E-state index is 5.96. The molecule has 0 bridgehead atoms. The van der Waals surface area contributed by atoms with E-state index in [2.05, 4.69) is 18.8 Å². The molecule has 2 aliphatic carbocycles. The predicted octanol–water partition coefficient (Wildman–Crippen LogP) is 4.18. The maximum atomic E-state index is 5.96. The van der Waals surface area contributed by atoms with Crippen LogP contribution in [0.1, 0.15) is 87.6 Å². The molecule has 0 radical (unpaired) electrons. The lowest BCUT2D eigenvalue weighted by molar-refractivity contribution is 0.292. The van der Waals surface area contributed by atoms with Gasteiger partial charge in [0.15, 0.2) is 0 Å². The molecule has 3 nitrogen and oxygen atoms in total. The summed E-state index contributed by atoms with van der Waals surface area (Å²) >= 11 is 0. The van der Waals surface area contributed by atoms with Gasteiger partial charge in [-0.2, -0.15) is 0 Å². The minimum atomic E-state index is 0.498. The van der Waals surface area contributed by atoms with Gasteiger partial charge in [-0.3, -0.25) is 0 Å². The summed E-state index contributed by atoms with van der Waals surface area (Å²) in [5.41, 5.74) is 10.0. The Kier molecular flexibility index (Phi) is 3.95. The van der Waals surface area contributed by atoms with Crippen LogP contribution in [0.25, 0.3) is 0 Å². The number of nitrogens with two attached hydrogens (primary N) is 1. The first-order valence-corrected chi connectivity index (χ1v) is 8.40. The van der Waals surface area contributed by atoms with E-state index in [1.54, 1.807) is 0 Å². The van der Waals surface area contributed by atoms with Crippen LogP contribution in [0.4, 0.5) is 5.95 Å². The molecule has 0 amide bonds. The molecule has 1 aromatic heterocycles. The molecule has 0 saturated carbocycles. The van der Waals surface area contributed by atoms with Gasteiger partial charge in [-0.1, -0.05) is 39.5 Å². The lowest BCUT2D eigenvalue weighted by atomic mass is 9.70. The average Bonchev–Trinajstić information content (AvgIpc) is 2.82. The largest absolute Gasteiger partial charge is 0.368 e. The topological polar surface area (TPSA) is 51.8 Å². The fraction of sp³-hybridized carbons (Fsp3) is 0.765. The normalized spacial score (nSPS) is 27.6. The Hall–Kier alpha value is -1.12. The number of rotatable bonds is 5. The highest BCUT2D eigenvalue weighted by molar-refractivity contribution is 5.42. The number of nitrogens with zero attached hydrogens (tertiary/aromatic N) is 2. The van der Waals surface area contributed by atoms with E-state index in [1.165, 1.54) is 61.9 Å². The van der Waals surface area contributed by atoms with Gasteiger partial charge in [-0.05, 0) is 43.1 Å². The van der Waals surface area contributed by atoms with Gasteiger partial charge in [-0.15, -0.1) is 0 Å². The number of aromatic nitrogens is 2. The smallest absolute Gasteiger partial charge is 0.220 e. The number of hydrogen-bond acceptors (Lipinski definition) is 3. The zero-order valence-corrected chi connectivity index (χ0v) is 12.9. The third-order valence-electron chi connectivity index (χ3n) is 5.24. The fourth-order valence-corrected chi connectivity index (χ4v) is 4.40. The summed E-state index contributed by atoms with van der Waals surface area (Å²) in [5, 5.41) is 0. The average molecular weight is 273 g/mol. The first-order valence-electron chi connectivity index (χ1n) is 8.40. The highest BCUT2D eigenvalue weighted by Gasteiger charge is 2.39. The highest BCUT2D eigenvalue weighted by atomic mass is 15.0. The summed E-state index contributed by atoms with van der Waals surface area (Å²) in [4.78, 5) is 9.20. The van der Waals surface area contributed by atoms with Crippen LogP contribution in [-0.2, 0) is 6.42 Å². The molecule has 1 aromatic rings. The minimum Gasteiger partial charge on any atom is -0.368 e. The fourth-order valence-electron chi connectivity index (χ4n) is 4.40. The molecule has 0 aliphatic heterocycles. The van der Waals surface area contributed by atoms with Crippen molar-refractivity contribution in [3.8, 4) is 0 Å². The molecule has 0 aromatic carbocycles. The molecule has 3 rings (SSSR count). The summed E-state index contributed by atoms with van der Waals surface area (Å²) in [7, 11) is 0. The van der Waals surface area contributed by atoms with Crippen molar-refractivity contribution < 1.29 is 0 Å². The van der Waals surface area contributed by atoms with Gasteiger partial charge in [0.1, 0.15) is 0 Å². The molecule has 3 atom stereocenters. The van der Waals surface area contributed by atoms with Gasteiger partial charge in [0.25, 0.3) is 0 Å². The first-order chi connectivity index (χ1) is 9.74. The molecule has 3 heteroatoms. The van der Waals surface area contributed by atoms with Gasteiger partial charge in [0.05, 0.1) is 5.69 Å². The van der Waals surface area contributed by atoms with Crippen LogP contribution >= 0.6 is 0 Å². The Labute approximate surface area is 122 Å². The van der Waals surface area contributed by atoms with Crippen LogP contribution in [0.3, 0.4) is 0 Å². The number of hydrogen-bond donors (Lipinski definition) is 1. The van der Waals surface area contributed by atoms with E-state index in [0.717, 1.165) is 18.3 Å². The van der Waals surface area contributed by atoms with Gasteiger partial charge in [-0.25, -0.2) is 9.97 Å². The Morgan fingerprint density at radius 3 is 2.75 bits per heavy atom. The van der Waals surface area contributed by atoms with Gasteiger partial charge < -0.3 is 5.73 Å². The molecule has 0 spiro atoms. The molecule has 0 fully saturated rings. The van der Waals surface area contributed by atoms with Crippen LogP contribution in [0, 0.1) is 5.92 Å². The number of aryl methyl sites for hydroxylation is 1. The lowest BCUT2D eigenvalue weighted by Crippen LogP contribution is -2.25. The van der Waals surface area contributed by atoms with E-state index in [0.29, 0.717) is 11.9 Å². The maximum Gasteiger partial charge on any atom is 0.220 e. The second kappa shape index (κ2) is 5.71. The standard InChI is InChI=1S/C17H27N3/c1-3-5-7-13-11(6-4-2)10-12-8-9-14-15(12)16(13)20-17(18)19-14/h11-13H,3-10H2,1-2H3,(H2,18,19,20)/t11-,12+,13-/m1/s1. The van der Waals surface area contributed by atoms with Crippen molar-refractivity contribution in [2.75, 3.05) is 5.73 Å². The Morgan fingerprint density at radius 2 is 2.00 bits per heavy atom. The van der Waals surface area contributed by atoms with Crippen molar-refractivity contribution >= 4 is 5.95 Å². The zero-order chi connectivity index (χ0) is 14.1. The molecular weight excluding hydrogens is 246 g/mol. The lowest BCUT2D eigenvalue weighted by Gasteiger charge is -2.36. The summed E-state index contributed by atoms with van der Waals surface area (Å²) in [6, 6.07) is 0. The molecule has 2 N–H and O–H groups in total. The van der Waals surface area contributed by atoms with Crippen molar-refractivity contribution in [3.05, 3.63) is 17.0 Å². The Morgan fingerprint density at radius 1 is 1.15 bits per heavy atom. The number of unbranched alkanes of at least 4 members (excludes halogenated alkanes) is 1. The minimum absolute atomic E-state index is 0.498. The van der Waals surface area contributed by atoms with E-state index in [-0.39, 0.29) is 0 Å². The van der Waals surface area contributed by atoms with Crippen LogP contribution in [0.2, 0.25) is 0 Å². The molecule has 0 unspecified atom stereocenters.